The fourth-order valence-electron chi connectivity index (χ4n) is 3.67. The zero-order valence-corrected chi connectivity index (χ0v) is 23.0. The Morgan fingerprint density at radius 1 is 1.03 bits per heavy atom. The maximum Gasteiger partial charge on any atom is 0.243 e. The number of anilines is 1. The van der Waals surface area contributed by atoms with Crippen LogP contribution < -0.4 is 30.0 Å². The van der Waals surface area contributed by atoms with E-state index in [1.165, 1.54) is 11.3 Å². The Kier molecular flexibility index (Phi) is 10.8. The van der Waals surface area contributed by atoms with Crippen molar-refractivity contribution in [1.82, 2.24) is 4.98 Å². The number of carbonyl (C=O) groups is 1. The SMILES string of the molecule is CCOc1ccc(-c2nc(NC(=O)[C@H](N)CC(C)C)sc2-c2cc(OC)c(OC)c(OC)c2)cc1.Cl. The average Bonchev–Trinajstić information content (AvgIpc) is 3.26. The summed E-state index contributed by atoms with van der Waals surface area (Å²) in [7, 11) is 4.71. The van der Waals surface area contributed by atoms with Gasteiger partial charge in [-0.2, -0.15) is 0 Å². The van der Waals surface area contributed by atoms with Crippen molar-refractivity contribution < 1.29 is 23.7 Å². The van der Waals surface area contributed by atoms with E-state index in [0.29, 0.717) is 47.0 Å². The summed E-state index contributed by atoms with van der Waals surface area (Å²) in [6.45, 7) is 6.58. The number of hydrogen-bond acceptors (Lipinski definition) is 8. The number of benzene rings is 2. The molecule has 1 atom stereocenters. The average molecular weight is 536 g/mol. The van der Waals surface area contributed by atoms with Gasteiger partial charge in [0, 0.05) is 11.1 Å². The molecule has 0 radical (unpaired) electrons. The number of nitrogens with zero attached hydrogens (tertiary/aromatic N) is 1. The lowest BCUT2D eigenvalue weighted by Crippen LogP contribution is -2.36. The van der Waals surface area contributed by atoms with E-state index in [9.17, 15) is 4.79 Å². The Morgan fingerprint density at radius 3 is 2.14 bits per heavy atom. The van der Waals surface area contributed by atoms with E-state index >= 15 is 0 Å². The molecule has 1 aromatic heterocycles. The van der Waals surface area contributed by atoms with E-state index in [-0.39, 0.29) is 18.3 Å². The van der Waals surface area contributed by atoms with Crippen LogP contribution in [-0.4, -0.2) is 44.9 Å². The summed E-state index contributed by atoms with van der Waals surface area (Å²) in [5, 5.41) is 3.35. The lowest BCUT2D eigenvalue weighted by Gasteiger charge is -2.14. The van der Waals surface area contributed by atoms with Gasteiger partial charge in [0.05, 0.1) is 44.5 Å². The molecule has 0 spiro atoms. The molecule has 36 heavy (non-hydrogen) atoms. The molecule has 0 aliphatic rings. The Morgan fingerprint density at radius 2 is 1.64 bits per heavy atom. The molecular formula is C26H34ClN3O5S. The van der Waals surface area contributed by atoms with Gasteiger partial charge in [-0.05, 0) is 55.7 Å². The monoisotopic (exact) mass is 535 g/mol. The zero-order chi connectivity index (χ0) is 25.5. The van der Waals surface area contributed by atoms with E-state index in [2.05, 4.69) is 5.32 Å². The van der Waals surface area contributed by atoms with Crippen LogP contribution in [-0.2, 0) is 4.79 Å². The number of halogens is 1. The van der Waals surface area contributed by atoms with Gasteiger partial charge in [0.25, 0.3) is 0 Å². The largest absolute Gasteiger partial charge is 0.494 e. The smallest absolute Gasteiger partial charge is 0.243 e. The molecule has 0 unspecified atom stereocenters. The summed E-state index contributed by atoms with van der Waals surface area (Å²) in [5.41, 5.74) is 8.49. The third-order valence-electron chi connectivity index (χ3n) is 5.29. The Labute approximate surface area is 222 Å². The first-order chi connectivity index (χ1) is 16.8. The molecule has 0 saturated carbocycles. The number of methoxy groups -OCH3 is 3. The molecule has 8 nitrogen and oxygen atoms in total. The lowest BCUT2D eigenvalue weighted by atomic mass is 10.0. The van der Waals surface area contributed by atoms with Crippen molar-refractivity contribution in [3.63, 3.8) is 0 Å². The van der Waals surface area contributed by atoms with Gasteiger partial charge in [-0.15, -0.1) is 12.4 Å². The predicted octanol–water partition coefficient (Wildman–Crippen LogP) is 5.64. The molecule has 0 bridgehead atoms. The number of carbonyl (C=O) groups excluding carboxylic acids is 1. The fraction of sp³-hybridized carbons (Fsp3) is 0.385. The Bertz CT molecular complexity index is 1130. The number of hydrogen-bond donors (Lipinski definition) is 2. The number of aromatic nitrogens is 1. The number of amides is 1. The maximum absolute atomic E-state index is 12.7. The first-order valence-corrected chi connectivity index (χ1v) is 12.2. The van der Waals surface area contributed by atoms with Crippen LogP contribution in [0.25, 0.3) is 21.7 Å². The molecule has 10 heteroatoms. The van der Waals surface area contributed by atoms with E-state index in [0.717, 1.165) is 21.8 Å². The van der Waals surface area contributed by atoms with Crippen LogP contribution in [0.4, 0.5) is 5.13 Å². The number of thiazole rings is 1. The highest BCUT2D eigenvalue weighted by atomic mass is 35.5. The third-order valence-corrected chi connectivity index (χ3v) is 6.30. The summed E-state index contributed by atoms with van der Waals surface area (Å²) in [5.74, 6) is 2.37. The van der Waals surface area contributed by atoms with E-state index < -0.39 is 6.04 Å². The molecule has 1 heterocycles. The predicted molar refractivity (Wildman–Crippen MR) is 147 cm³/mol. The van der Waals surface area contributed by atoms with Crippen molar-refractivity contribution in [2.75, 3.05) is 33.3 Å². The van der Waals surface area contributed by atoms with Gasteiger partial charge in [0.2, 0.25) is 11.7 Å². The van der Waals surface area contributed by atoms with Crippen LogP contribution in [0.2, 0.25) is 0 Å². The van der Waals surface area contributed by atoms with Crippen molar-refractivity contribution in [1.29, 1.82) is 0 Å². The maximum atomic E-state index is 12.7. The van der Waals surface area contributed by atoms with E-state index in [1.807, 2.05) is 57.2 Å². The summed E-state index contributed by atoms with van der Waals surface area (Å²) in [6.07, 6.45) is 0.586. The highest BCUT2D eigenvalue weighted by Crippen LogP contribution is 2.46. The van der Waals surface area contributed by atoms with E-state index in [1.54, 1.807) is 21.3 Å². The lowest BCUT2D eigenvalue weighted by molar-refractivity contribution is -0.117. The summed E-state index contributed by atoms with van der Waals surface area (Å²) in [4.78, 5) is 18.3. The Hall–Kier alpha value is -3.01. The van der Waals surface area contributed by atoms with Crippen molar-refractivity contribution in [3.8, 4) is 44.7 Å². The molecule has 3 rings (SSSR count). The molecule has 0 fully saturated rings. The van der Waals surface area contributed by atoms with Crippen LogP contribution in [0.5, 0.6) is 23.0 Å². The highest BCUT2D eigenvalue weighted by molar-refractivity contribution is 7.19. The van der Waals surface area contributed by atoms with Crippen LogP contribution in [0.3, 0.4) is 0 Å². The first kappa shape index (κ1) is 29.2. The Balaban J connectivity index is 0.00000456. The van der Waals surface area contributed by atoms with Gasteiger partial charge in [-0.3, -0.25) is 4.79 Å². The molecule has 1 amide bonds. The van der Waals surface area contributed by atoms with Crippen LogP contribution >= 0.6 is 23.7 Å². The molecular weight excluding hydrogens is 502 g/mol. The van der Waals surface area contributed by atoms with Crippen molar-refractivity contribution in [2.24, 2.45) is 11.7 Å². The molecule has 0 aliphatic carbocycles. The van der Waals surface area contributed by atoms with Crippen molar-refractivity contribution in [2.45, 2.75) is 33.2 Å². The van der Waals surface area contributed by atoms with Gasteiger partial charge in [0.1, 0.15) is 5.75 Å². The summed E-state index contributed by atoms with van der Waals surface area (Å²) < 4.78 is 22.1. The number of nitrogens with one attached hydrogen (secondary N) is 1. The van der Waals surface area contributed by atoms with Crippen LogP contribution in [0.15, 0.2) is 36.4 Å². The normalized spacial score (nSPS) is 11.4. The molecule has 3 N–H and O–H groups in total. The number of ether oxygens (including phenoxy) is 4. The second kappa shape index (κ2) is 13.3. The molecule has 0 saturated heterocycles. The number of nitrogens with two attached hydrogens (primary N) is 1. The molecule has 0 aliphatic heterocycles. The van der Waals surface area contributed by atoms with Gasteiger partial charge < -0.3 is 30.0 Å². The third kappa shape index (κ3) is 6.81. The zero-order valence-electron chi connectivity index (χ0n) is 21.4. The number of rotatable bonds is 11. The van der Waals surface area contributed by atoms with Gasteiger partial charge in [-0.1, -0.05) is 25.2 Å². The molecule has 196 valence electrons. The first-order valence-electron chi connectivity index (χ1n) is 11.4. The minimum atomic E-state index is -0.613. The van der Waals surface area contributed by atoms with Crippen molar-refractivity contribution >= 4 is 34.8 Å². The minimum absolute atomic E-state index is 0. The second-order valence-electron chi connectivity index (χ2n) is 8.29. The van der Waals surface area contributed by atoms with Crippen LogP contribution in [0, 0.1) is 5.92 Å². The van der Waals surface area contributed by atoms with E-state index in [4.69, 9.17) is 29.7 Å². The highest BCUT2D eigenvalue weighted by Gasteiger charge is 2.22. The fourth-order valence-corrected chi connectivity index (χ4v) is 4.64. The summed E-state index contributed by atoms with van der Waals surface area (Å²) in [6, 6.07) is 10.8. The minimum Gasteiger partial charge on any atom is -0.494 e. The van der Waals surface area contributed by atoms with Gasteiger partial charge in [-0.25, -0.2) is 4.98 Å². The topological polar surface area (TPSA) is 105 Å². The summed E-state index contributed by atoms with van der Waals surface area (Å²) >= 11 is 1.36. The standard InChI is InChI=1S/C26H33N3O5S.ClH/c1-7-34-18-10-8-16(9-11-18)22-24(17-13-20(31-4)23(33-6)21(14-17)32-5)35-26(28-22)29-25(30)19(27)12-15(2)3;/h8-11,13-15,19H,7,12,27H2,1-6H3,(H,28,29,30);1H/t19-;/m1./s1. The van der Waals surface area contributed by atoms with Gasteiger partial charge >= 0.3 is 0 Å². The quantitative estimate of drug-likeness (QED) is 0.327. The molecule has 2 aromatic carbocycles. The van der Waals surface area contributed by atoms with Crippen molar-refractivity contribution in [3.05, 3.63) is 36.4 Å². The molecule has 3 aromatic rings. The second-order valence-corrected chi connectivity index (χ2v) is 9.29. The van der Waals surface area contributed by atoms with Crippen LogP contribution in [0.1, 0.15) is 27.2 Å². The van der Waals surface area contributed by atoms with Gasteiger partial charge in [0.15, 0.2) is 16.6 Å².